The molecule has 0 atom stereocenters. The Morgan fingerprint density at radius 2 is 1.63 bits per heavy atom. The largest absolute Gasteiger partial charge is 0.490 e. The van der Waals surface area contributed by atoms with Gasteiger partial charge in [0.1, 0.15) is 0 Å². The van der Waals surface area contributed by atoms with Crippen molar-refractivity contribution in [3.05, 3.63) is 41.5 Å². The molecule has 2 aromatic carbocycles. The number of anilines is 1. The fourth-order valence-corrected chi connectivity index (χ4v) is 3.95. The van der Waals surface area contributed by atoms with Crippen LogP contribution in [-0.4, -0.2) is 30.7 Å². The molecule has 7 heteroatoms. The maximum atomic E-state index is 13.0. The lowest BCUT2D eigenvalue weighted by Gasteiger charge is -2.16. The van der Waals surface area contributed by atoms with E-state index in [1.807, 2.05) is 26.8 Å². The molecule has 0 unspecified atom stereocenters. The third kappa shape index (κ3) is 4.84. The van der Waals surface area contributed by atoms with E-state index in [1.54, 1.807) is 12.1 Å². The number of nitrogens with one attached hydrogen (secondary N) is 1. The molecule has 0 aliphatic rings. The average Bonchev–Trinajstić information content (AvgIpc) is 3.11. The molecule has 0 saturated heterocycles. The summed E-state index contributed by atoms with van der Waals surface area (Å²) in [5, 5.41) is 3.46. The smallest absolute Gasteiger partial charge is 0.257 e. The number of hydrogen-bond acceptors (Lipinski definition) is 6. The molecule has 0 aliphatic heterocycles. The Kier molecular flexibility index (Phi) is 7.15. The van der Waals surface area contributed by atoms with Gasteiger partial charge in [-0.15, -0.1) is 0 Å². The molecule has 0 radical (unpaired) electrons. The van der Waals surface area contributed by atoms with Crippen LogP contribution in [0.2, 0.25) is 0 Å². The molecule has 3 aromatic rings. The van der Waals surface area contributed by atoms with E-state index < -0.39 is 0 Å². The molecule has 1 aromatic heterocycles. The summed E-state index contributed by atoms with van der Waals surface area (Å²) in [5.41, 5.74) is 2.54. The Labute approximate surface area is 181 Å². The van der Waals surface area contributed by atoms with Gasteiger partial charge in [-0.05, 0) is 56.5 Å². The first-order valence-corrected chi connectivity index (χ1v) is 11.1. The topological polar surface area (TPSA) is 69.7 Å². The molecule has 0 fully saturated rings. The lowest BCUT2D eigenvalue weighted by Crippen LogP contribution is -2.13. The molecule has 160 valence electrons. The van der Waals surface area contributed by atoms with E-state index in [0.29, 0.717) is 53.7 Å². The average molecular weight is 429 g/mol. The number of benzene rings is 2. The highest BCUT2D eigenvalue weighted by atomic mass is 32.1. The summed E-state index contributed by atoms with van der Waals surface area (Å²) >= 11 is 1.46. The van der Waals surface area contributed by atoms with Crippen molar-refractivity contribution in [2.75, 3.05) is 25.1 Å². The first-order chi connectivity index (χ1) is 14.5. The third-order valence-electron chi connectivity index (χ3n) is 4.47. The zero-order chi connectivity index (χ0) is 21.7. The van der Waals surface area contributed by atoms with Crippen molar-refractivity contribution in [3.8, 4) is 17.2 Å². The maximum Gasteiger partial charge on any atom is 0.257 e. The predicted octanol–water partition coefficient (Wildman–Crippen LogP) is 5.87. The van der Waals surface area contributed by atoms with Crippen LogP contribution in [0.15, 0.2) is 30.3 Å². The normalized spacial score (nSPS) is 11.0. The number of hydrogen-bond donors (Lipinski definition) is 1. The van der Waals surface area contributed by atoms with E-state index in [4.69, 9.17) is 14.2 Å². The first-order valence-electron chi connectivity index (χ1n) is 10.2. The molecule has 1 N–H and O–H groups in total. The quantitative estimate of drug-likeness (QED) is 0.462. The molecular formula is C23H28N2O4S. The Balaban J connectivity index is 1.91. The standard InChI is InChI=1S/C23H28N2O4S/c1-6-27-18-11-16(12-19(28-7-2)21(18)29-8-3)22(26)25-23-24-17-10-9-15(14(4)5)13-20(17)30-23/h9-14H,6-8H2,1-5H3,(H,24,25,26). The number of rotatable bonds is 9. The number of ether oxygens (including phenoxy) is 3. The fourth-order valence-electron chi connectivity index (χ4n) is 3.04. The lowest BCUT2D eigenvalue weighted by atomic mass is 10.0. The van der Waals surface area contributed by atoms with Gasteiger partial charge in [-0.25, -0.2) is 4.98 Å². The molecule has 0 spiro atoms. The zero-order valence-electron chi connectivity index (χ0n) is 18.1. The van der Waals surface area contributed by atoms with Gasteiger partial charge in [0.25, 0.3) is 5.91 Å². The second-order valence-electron chi connectivity index (χ2n) is 6.96. The van der Waals surface area contributed by atoms with Gasteiger partial charge in [0.15, 0.2) is 16.6 Å². The number of nitrogens with zero attached hydrogens (tertiary/aromatic N) is 1. The summed E-state index contributed by atoms with van der Waals surface area (Å²) in [6, 6.07) is 9.55. The second-order valence-corrected chi connectivity index (χ2v) is 7.99. The van der Waals surface area contributed by atoms with Crippen LogP contribution in [-0.2, 0) is 0 Å². The number of thiazole rings is 1. The summed E-state index contributed by atoms with van der Waals surface area (Å²) < 4.78 is 18.2. The van der Waals surface area contributed by atoms with Crippen LogP contribution >= 0.6 is 11.3 Å². The zero-order valence-corrected chi connectivity index (χ0v) is 18.9. The Morgan fingerprint density at radius 3 is 2.20 bits per heavy atom. The molecule has 1 amide bonds. The van der Waals surface area contributed by atoms with Crippen molar-refractivity contribution >= 4 is 32.6 Å². The van der Waals surface area contributed by atoms with Crippen LogP contribution in [0.3, 0.4) is 0 Å². The van der Waals surface area contributed by atoms with E-state index in [9.17, 15) is 4.79 Å². The number of amides is 1. The first kappa shape index (κ1) is 21.9. The molecule has 3 rings (SSSR count). The minimum absolute atomic E-state index is 0.275. The van der Waals surface area contributed by atoms with Crippen LogP contribution in [0, 0.1) is 0 Å². The predicted molar refractivity (Wildman–Crippen MR) is 122 cm³/mol. The van der Waals surface area contributed by atoms with Crippen LogP contribution in [0.1, 0.15) is 56.5 Å². The fraction of sp³-hybridized carbons (Fsp3) is 0.391. The van der Waals surface area contributed by atoms with E-state index >= 15 is 0 Å². The van der Waals surface area contributed by atoms with Gasteiger partial charge in [0.2, 0.25) is 5.75 Å². The highest BCUT2D eigenvalue weighted by molar-refractivity contribution is 7.22. The van der Waals surface area contributed by atoms with E-state index in [0.717, 1.165) is 10.2 Å². The number of fused-ring (bicyclic) bond motifs is 1. The minimum atomic E-state index is -0.275. The summed E-state index contributed by atoms with van der Waals surface area (Å²) in [6.45, 7) is 11.3. The summed E-state index contributed by atoms with van der Waals surface area (Å²) in [6.07, 6.45) is 0. The molecule has 0 bridgehead atoms. The van der Waals surface area contributed by atoms with Gasteiger partial charge in [0, 0.05) is 5.56 Å². The maximum absolute atomic E-state index is 13.0. The van der Waals surface area contributed by atoms with Crippen LogP contribution < -0.4 is 19.5 Å². The van der Waals surface area contributed by atoms with Crippen LogP contribution in [0.4, 0.5) is 5.13 Å². The number of aromatic nitrogens is 1. The lowest BCUT2D eigenvalue weighted by molar-refractivity contribution is 0.102. The van der Waals surface area contributed by atoms with Crippen molar-refractivity contribution in [3.63, 3.8) is 0 Å². The van der Waals surface area contributed by atoms with Gasteiger partial charge in [0.05, 0.1) is 30.0 Å². The van der Waals surface area contributed by atoms with Gasteiger partial charge in [-0.1, -0.05) is 31.3 Å². The Hall–Kier alpha value is -2.80. The summed E-state index contributed by atoms with van der Waals surface area (Å²) in [4.78, 5) is 17.5. The molecule has 6 nitrogen and oxygen atoms in total. The van der Waals surface area contributed by atoms with Gasteiger partial charge in [-0.3, -0.25) is 10.1 Å². The minimum Gasteiger partial charge on any atom is -0.490 e. The van der Waals surface area contributed by atoms with Gasteiger partial charge < -0.3 is 14.2 Å². The second kappa shape index (κ2) is 9.80. The van der Waals surface area contributed by atoms with Crippen molar-refractivity contribution in [1.82, 2.24) is 4.98 Å². The van der Waals surface area contributed by atoms with Crippen molar-refractivity contribution in [1.29, 1.82) is 0 Å². The highest BCUT2D eigenvalue weighted by Gasteiger charge is 2.19. The van der Waals surface area contributed by atoms with Crippen molar-refractivity contribution in [2.45, 2.75) is 40.5 Å². The van der Waals surface area contributed by atoms with E-state index in [1.165, 1.54) is 16.9 Å². The molecule has 0 saturated carbocycles. The van der Waals surface area contributed by atoms with Crippen LogP contribution in [0.25, 0.3) is 10.2 Å². The van der Waals surface area contributed by atoms with Gasteiger partial charge in [-0.2, -0.15) is 0 Å². The molecule has 30 heavy (non-hydrogen) atoms. The van der Waals surface area contributed by atoms with Crippen molar-refractivity contribution in [2.24, 2.45) is 0 Å². The summed E-state index contributed by atoms with van der Waals surface area (Å²) in [7, 11) is 0. The highest BCUT2D eigenvalue weighted by Crippen LogP contribution is 2.39. The molecule has 0 aliphatic carbocycles. The van der Waals surface area contributed by atoms with Crippen LogP contribution in [0.5, 0.6) is 17.2 Å². The SMILES string of the molecule is CCOc1cc(C(=O)Nc2nc3ccc(C(C)C)cc3s2)cc(OCC)c1OCC. The van der Waals surface area contributed by atoms with Crippen molar-refractivity contribution < 1.29 is 19.0 Å². The summed E-state index contributed by atoms with van der Waals surface area (Å²) in [5.74, 6) is 1.65. The molecule has 1 heterocycles. The number of carbonyl (C=O) groups is 1. The number of carbonyl (C=O) groups excluding carboxylic acids is 1. The van der Waals surface area contributed by atoms with E-state index in [-0.39, 0.29) is 5.91 Å². The van der Waals surface area contributed by atoms with Gasteiger partial charge >= 0.3 is 0 Å². The van der Waals surface area contributed by atoms with E-state index in [2.05, 4.69) is 36.3 Å². The molecular weight excluding hydrogens is 400 g/mol. The Morgan fingerprint density at radius 1 is 1.00 bits per heavy atom. The third-order valence-corrected chi connectivity index (χ3v) is 5.40. The monoisotopic (exact) mass is 428 g/mol. The Bertz CT molecular complexity index is 1000.